The molecule has 3 fully saturated rings. The van der Waals surface area contributed by atoms with Gasteiger partial charge in [0, 0.05) is 38.4 Å². The summed E-state index contributed by atoms with van der Waals surface area (Å²) in [6.45, 7) is 4.87. The monoisotopic (exact) mass is 486 g/mol. The number of alkyl halides is 2. The Morgan fingerprint density at radius 2 is 1.89 bits per heavy atom. The van der Waals surface area contributed by atoms with Gasteiger partial charge in [-0.25, -0.2) is 18.4 Å². The maximum absolute atomic E-state index is 14.6. The molecular weight excluding hydrogens is 450 g/mol. The molecule has 35 heavy (non-hydrogen) atoms. The van der Waals surface area contributed by atoms with Crippen LogP contribution in [0.1, 0.15) is 83.0 Å². The first-order valence-corrected chi connectivity index (χ1v) is 13.3. The van der Waals surface area contributed by atoms with Crippen LogP contribution in [0.5, 0.6) is 0 Å². The second-order valence-corrected chi connectivity index (χ2v) is 10.3. The van der Waals surface area contributed by atoms with E-state index in [1.165, 1.54) is 12.8 Å². The average molecular weight is 487 g/mol. The number of hydrogen-bond acceptors (Lipinski definition) is 5. The van der Waals surface area contributed by atoms with Crippen molar-refractivity contribution in [3.8, 4) is 11.5 Å². The van der Waals surface area contributed by atoms with Crippen molar-refractivity contribution in [1.29, 1.82) is 0 Å². The fraction of sp³-hybridized carbons (Fsp3) is 0.692. The molecule has 0 radical (unpaired) electrons. The molecule has 0 aromatic carbocycles. The molecule has 9 heteroatoms. The van der Waals surface area contributed by atoms with Crippen LogP contribution in [0.25, 0.3) is 11.5 Å². The van der Waals surface area contributed by atoms with E-state index >= 15 is 0 Å². The van der Waals surface area contributed by atoms with Crippen LogP contribution in [0, 0.1) is 5.92 Å². The Morgan fingerprint density at radius 1 is 1.09 bits per heavy atom. The Labute approximate surface area is 205 Å². The summed E-state index contributed by atoms with van der Waals surface area (Å²) in [6, 6.07) is 3.72. The predicted octanol–water partition coefficient (Wildman–Crippen LogP) is 5.23. The van der Waals surface area contributed by atoms with Gasteiger partial charge in [0.15, 0.2) is 5.82 Å². The van der Waals surface area contributed by atoms with E-state index in [4.69, 9.17) is 10.1 Å². The molecule has 190 valence electrons. The van der Waals surface area contributed by atoms with Crippen LogP contribution in [0.4, 0.5) is 14.5 Å². The molecule has 5 rings (SSSR count). The van der Waals surface area contributed by atoms with Crippen LogP contribution in [0.3, 0.4) is 0 Å². The third kappa shape index (κ3) is 5.05. The lowest BCUT2D eigenvalue weighted by molar-refractivity contribution is -0.135. The van der Waals surface area contributed by atoms with Crippen molar-refractivity contribution >= 4 is 11.6 Å². The van der Waals surface area contributed by atoms with Crippen molar-refractivity contribution < 1.29 is 13.6 Å². The zero-order valence-corrected chi connectivity index (χ0v) is 20.6. The summed E-state index contributed by atoms with van der Waals surface area (Å²) in [5.74, 6) is -2.28. The molecule has 2 aromatic rings. The van der Waals surface area contributed by atoms with Crippen LogP contribution in [0.15, 0.2) is 18.3 Å². The maximum atomic E-state index is 14.6. The van der Waals surface area contributed by atoms with Crippen LogP contribution < -0.4 is 4.90 Å². The summed E-state index contributed by atoms with van der Waals surface area (Å²) in [7, 11) is 0. The minimum absolute atomic E-state index is 0.0708. The third-order valence-corrected chi connectivity index (χ3v) is 7.79. The van der Waals surface area contributed by atoms with E-state index in [-0.39, 0.29) is 24.9 Å². The molecular formula is C26H36F2N6O. The predicted molar refractivity (Wildman–Crippen MR) is 130 cm³/mol. The van der Waals surface area contributed by atoms with E-state index in [2.05, 4.69) is 9.88 Å². The Bertz CT molecular complexity index is 1020. The maximum Gasteiger partial charge on any atom is 0.252 e. The SMILES string of the molecule is CCCC(=O)N1CCCCC1c1nc(-c2ccc(N3CCCC3)cn2)nn1CC1CCCC1(F)F. The summed E-state index contributed by atoms with van der Waals surface area (Å²) in [5, 5.41) is 4.71. The first-order chi connectivity index (χ1) is 17.0. The van der Waals surface area contributed by atoms with Gasteiger partial charge >= 0.3 is 0 Å². The van der Waals surface area contributed by atoms with E-state index in [1.54, 1.807) is 4.68 Å². The molecule has 0 bridgehead atoms. The minimum Gasteiger partial charge on any atom is -0.370 e. The molecule has 2 aromatic heterocycles. The van der Waals surface area contributed by atoms with Crippen LogP contribution >= 0.6 is 0 Å². The number of halogens is 2. The Morgan fingerprint density at radius 3 is 2.57 bits per heavy atom. The number of nitrogens with zero attached hydrogens (tertiary/aromatic N) is 6. The van der Waals surface area contributed by atoms with E-state index < -0.39 is 11.8 Å². The number of likely N-dealkylation sites (tertiary alicyclic amines) is 1. The van der Waals surface area contributed by atoms with Gasteiger partial charge < -0.3 is 9.80 Å². The first-order valence-electron chi connectivity index (χ1n) is 13.3. The van der Waals surface area contributed by atoms with E-state index in [0.717, 1.165) is 44.5 Å². The van der Waals surface area contributed by atoms with Gasteiger partial charge in [0.1, 0.15) is 11.5 Å². The smallest absolute Gasteiger partial charge is 0.252 e. The lowest BCUT2D eigenvalue weighted by atomic mass is 10.00. The van der Waals surface area contributed by atoms with Crippen molar-refractivity contribution in [2.24, 2.45) is 5.92 Å². The highest BCUT2D eigenvalue weighted by Crippen LogP contribution is 2.42. The molecule has 7 nitrogen and oxygen atoms in total. The fourth-order valence-corrected chi connectivity index (χ4v) is 5.81. The van der Waals surface area contributed by atoms with Gasteiger partial charge in [-0.15, -0.1) is 5.10 Å². The molecule has 1 saturated carbocycles. The van der Waals surface area contributed by atoms with Crippen LogP contribution in [-0.2, 0) is 11.3 Å². The highest BCUT2D eigenvalue weighted by Gasteiger charge is 2.44. The first kappa shape index (κ1) is 24.1. The van der Waals surface area contributed by atoms with Gasteiger partial charge in [0.2, 0.25) is 5.91 Å². The second kappa shape index (κ2) is 10.2. The van der Waals surface area contributed by atoms with Crippen molar-refractivity contribution in [2.75, 3.05) is 24.5 Å². The summed E-state index contributed by atoms with van der Waals surface area (Å²) < 4.78 is 30.8. The zero-order valence-electron chi connectivity index (χ0n) is 20.6. The molecule has 2 aliphatic heterocycles. The van der Waals surface area contributed by atoms with Gasteiger partial charge in [-0.3, -0.25) is 9.78 Å². The second-order valence-electron chi connectivity index (χ2n) is 10.3. The summed E-state index contributed by atoms with van der Waals surface area (Å²) >= 11 is 0. The molecule has 0 N–H and O–H groups in total. The highest BCUT2D eigenvalue weighted by atomic mass is 19.3. The van der Waals surface area contributed by atoms with E-state index in [0.29, 0.717) is 43.1 Å². The minimum atomic E-state index is -2.69. The van der Waals surface area contributed by atoms with Crippen LogP contribution in [0.2, 0.25) is 0 Å². The van der Waals surface area contributed by atoms with Crippen molar-refractivity contribution in [3.63, 3.8) is 0 Å². The van der Waals surface area contributed by atoms with Crippen molar-refractivity contribution in [2.45, 2.75) is 89.6 Å². The number of carbonyl (C=O) groups is 1. The topological polar surface area (TPSA) is 67.2 Å². The van der Waals surface area contributed by atoms with Gasteiger partial charge in [0.05, 0.1) is 24.5 Å². The number of hydrogen-bond donors (Lipinski definition) is 0. The zero-order chi connectivity index (χ0) is 24.4. The standard InChI is InChI=1S/C26H36F2N6O/c1-2-8-23(35)33-16-4-3-10-22(33)25-30-24(31-34(25)18-19-9-7-13-26(19,27)28)21-12-11-20(17-29-21)32-14-5-6-15-32/h11-12,17,19,22H,2-10,13-16,18H2,1H3. The Balaban J connectivity index is 1.47. The Hall–Kier alpha value is -2.58. The third-order valence-electron chi connectivity index (χ3n) is 7.79. The van der Waals surface area contributed by atoms with Gasteiger partial charge in [-0.1, -0.05) is 6.92 Å². The number of rotatable bonds is 7. The average Bonchev–Trinajstić information content (AvgIpc) is 3.61. The van der Waals surface area contributed by atoms with E-state index in [1.807, 2.05) is 30.2 Å². The summed E-state index contributed by atoms with van der Waals surface area (Å²) in [4.78, 5) is 26.6. The number of anilines is 1. The molecule has 3 aliphatic rings. The lowest BCUT2D eigenvalue weighted by Crippen LogP contribution is -2.40. The fourth-order valence-electron chi connectivity index (χ4n) is 5.81. The molecule has 1 aliphatic carbocycles. The number of carbonyl (C=O) groups excluding carboxylic acids is 1. The molecule has 2 saturated heterocycles. The number of piperidine rings is 1. The molecule has 4 heterocycles. The summed E-state index contributed by atoms with van der Waals surface area (Å²) in [6.07, 6.45) is 9.14. The largest absolute Gasteiger partial charge is 0.370 e. The quantitative estimate of drug-likeness (QED) is 0.536. The normalized spacial score (nSPS) is 24.3. The van der Waals surface area contributed by atoms with Crippen molar-refractivity contribution in [3.05, 3.63) is 24.2 Å². The molecule has 0 spiro atoms. The van der Waals surface area contributed by atoms with Crippen LogP contribution in [-0.4, -0.2) is 56.1 Å². The molecule has 1 amide bonds. The Kier molecular flexibility index (Phi) is 7.02. The summed E-state index contributed by atoms with van der Waals surface area (Å²) in [5.41, 5.74) is 1.72. The van der Waals surface area contributed by atoms with Crippen molar-refractivity contribution in [1.82, 2.24) is 24.6 Å². The van der Waals surface area contributed by atoms with Gasteiger partial charge in [-0.2, -0.15) is 0 Å². The van der Waals surface area contributed by atoms with E-state index in [9.17, 15) is 13.6 Å². The highest BCUT2D eigenvalue weighted by molar-refractivity contribution is 5.76. The van der Waals surface area contributed by atoms with Gasteiger partial charge in [0.25, 0.3) is 5.92 Å². The number of pyridine rings is 1. The van der Waals surface area contributed by atoms with Gasteiger partial charge in [-0.05, 0) is 63.5 Å². The lowest BCUT2D eigenvalue weighted by Gasteiger charge is -2.35. The number of amides is 1. The molecule has 2 atom stereocenters. The molecule has 2 unspecified atom stereocenters. The number of aromatic nitrogens is 4.